The summed E-state index contributed by atoms with van der Waals surface area (Å²) in [5.41, 5.74) is 0.889. The van der Waals surface area contributed by atoms with Gasteiger partial charge in [0.05, 0.1) is 0 Å². The van der Waals surface area contributed by atoms with Gasteiger partial charge < -0.3 is 0 Å². The van der Waals surface area contributed by atoms with E-state index in [1.807, 2.05) is 0 Å². The maximum atomic E-state index is 3.70. The first-order valence-electron chi connectivity index (χ1n) is 3.19. The summed E-state index contributed by atoms with van der Waals surface area (Å²) < 4.78 is 0. The molecule has 0 nitrogen and oxygen atoms in total. The van der Waals surface area contributed by atoms with Crippen LogP contribution in [0.25, 0.3) is 0 Å². The summed E-state index contributed by atoms with van der Waals surface area (Å²) in [6, 6.07) is 1.41. The van der Waals surface area contributed by atoms with Gasteiger partial charge in [0.2, 0.25) is 0 Å². The summed E-state index contributed by atoms with van der Waals surface area (Å²) in [5, 5.41) is 0. The fourth-order valence-electron chi connectivity index (χ4n) is 0.528. The molecule has 2 heteroatoms. The molecule has 0 atom stereocenters. The summed E-state index contributed by atoms with van der Waals surface area (Å²) in [4.78, 5) is 0. The van der Waals surface area contributed by atoms with Crippen molar-refractivity contribution in [1.29, 1.82) is 0 Å². The van der Waals surface area contributed by atoms with Crippen LogP contribution < -0.4 is 0 Å². The molecule has 0 aliphatic rings. The van der Waals surface area contributed by atoms with Crippen LogP contribution in [0.5, 0.6) is 0 Å². The van der Waals surface area contributed by atoms with Crippen LogP contribution in [0.15, 0.2) is 0 Å². The van der Waals surface area contributed by atoms with Crippen LogP contribution in [0.3, 0.4) is 0 Å². The molecule has 0 aliphatic carbocycles. The van der Waals surface area contributed by atoms with Crippen LogP contribution in [0.4, 0.5) is 0 Å². The molecule has 0 rings (SSSR count). The van der Waals surface area contributed by atoms with Gasteiger partial charge in [-0.15, -0.1) is 15.3 Å². The van der Waals surface area contributed by atoms with Crippen LogP contribution in [-0.4, -0.2) is 7.42 Å². The molecular weight excluding hydrogens is 180 g/mol. The van der Waals surface area contributed by atoms with E-state index in [9.17, 15) is 0 Å². The van der Waals surface area contributed by atoms with Crippen LogP contribution in [0, 0.1) is 0 Å². The Morgan fingerprint density at radius 3 is 2.12 bits per heavy atom. The molecule has 1 radical (unpaired) electrons. The Bertz CT molecular complexity index is 54.5. The maximum absolute atomic E-state index is 3.70. The highest BCUT2D eigenvalue weighted by atomic mass is 79.9. The average Bonchev–Trinajstić information content (AvgIpc) is 1.67. The van der Waals surface area contributed by atoms with Crippen LogP contribution >= 0.6 is 15.3 Å². The van der Waals surface area contributed by atoms with Gasteiger partial charge in [0, 0.05) is 0 Å². The minimum Gasteiger partial charge on any atom is -0.128 e. The third-order valence-electron chi connectivity index (χ3n) is 1.12. The van der Waals surface area contributed by atoms with Crippen LogP contribution in [0.2, 0.25) is 11.6 Å². The molecule has 0 heterocycles. The second kappa shape index (κ2) is 4.56. The third kappa shape index (κ3) is 3.67. The quantitative estimate of drug-likeness (QED) is 0.478. The van der Waals surface area contributed by atoms with E-state index >= 15 is 0 Å². The highest BCUT2D eigenvalue weighted by molar-refractivity contribution is 9.24. The lowest BCUT2D eigenvalue weighted by Crippen LogP contribution is -2.05. The summed E-state index contributed by atoms with van der Waals surface area (Å²) >= 11 is 3.70. The molecule has 0 fully saturated rings. The molecule has 0 N–H and O–H groups in total. The summed E-state index contributed by atoms with van der Waals surface area (Å²) in [7, 11) is -0.145. The van der Waals surface area contributed by atoms with Gasteiger partial charge in [-0.1, -0.05) is 27.2 Å². The lowest BCUT2D eigenvalue weighted by atomic mass is 10.6. The topological polar surface area (TPSA) is 0 Å². The lowest BCUT2D eigenvalue weighted by Gasteiger charge is -2.07. The van der Waals surface area contributed by atoms with Crippen molar-refractivity contribution in [3.8, 4) is 0 Å². The smallest absolute Gasteiger partial charge is 0.128 e. The van der Waals surface area contributed by atoms with E-state index in [1.54, 1.807) is 0 Å². The van der Waals surface area contributed by atoms with Crippen molar-refractivity contribution in [2.45, 2.75) is 38.8 Å². The predicted molar refractivity (Wildman–Crippen MR) is 44.9 cm³/mol. The van der Waals surface area contributed by atoms with Gasteiger partial charge in [-0.05, 0) is 11.6 Å². The first-order chi connectivity index (χ1) is 3.68. The van der Waals surface area contributed by atoms with E-state index in [2.05, 4.69) is 36.1 Å². The Morgan fingerprint density at radius 2 is 2.00 bits per heavy atom. The van der Waals surface area contributed by atoms with Gasteiger partial charge >= 0.3 is 0 Å². The summed E-state index contributed by atoms with van der Waals surface area (Å²) in [6.45, 7) is 6.83. The van der Waals surface area contributed by atoms with Gasteiger partial charge in [0.15, 0.2) is 0 Å². The number of halogens is 1. The zero-order valence-electron chi connectivity index (χ0n) is 5.87. The largest absolute Gasteiger partial charge is 0.138 e. The zero-order valence-corrected chi connectivity index (χ0v) is 8.46. The van der Waals surface area contributed by atoms with E-state index < -0.39 is 0 Å². The molecule has 49 valence electrons. The number of hydrogen-bond acceptors (Lipinski definition) is 0. The van der Waals surface area contributed by atoms with E-state index in [0.717, 1.165) is 5.54 Å². The van der Waals surface area contributed by atoms with Crippen molar-refractivity contribution >= 4 is 22.7 Å². The molecule has 0 saturated carbocycles. The van der Waals surface area contributed by atoms with Gasteiger partial charge in [-0.25, -0.2) is 0 Å². The van der Waals surface area contributed by atoms with Gasteiger partial charge in [-0.3, -0.25) is 0 Å². The monoisotopic (exact) mass is 193 g/mol. The van der Waals surface area contributed by atoms with Gasteiger partial charge in [0.25, 0.3) is 0 Å². The van der Waals surface area contributed by atoms with E-state index in [-0.39, 0.29) is 7.42 Å². The van der Waals surface area contributed by atoms with Gasteiger partial charge in [-0.2, -0.15) is 0 Å². The van der Waals surface area contributed by atoms with Crippen molar-refractivity contribution in [3.05, 3.63) is 0 Å². The minimum atomic E-state index is -0.145. The molecule has 0 spiro atoms. The predicted octanol–water partition coefficient (Wildman–Crippen LogP) is 3.19. The molecule has 0 saturated heterocycles. The molecular formula is C6H14BrSi. The average molecular weight is 194 g/mol. The van der Waals surface area contributed by atoms with Crippen LogP contribution in [0.1, 0.15) is 27.2 Å². The van der Waals surface area contributed by atoms with E-state index in [0.29, 0.717) is 0 Å². The number of rotatable bonds is 3. The molecule has 0 aromatic carbocycles. The number of hydrogen-bond donors (Lipinski definition) is 0. The molecule has 0 aromatic rings. The second-order valence-corrected chi connectivity index (χ2v) is 7.96. The Morgan fingerprint density at radius 1 is 1.50 bits per heavy atom. The highest BCUT2D eigenvalue weighted by Crippen LogP contribution is 2.18. The Labute approximate surface area is 61.9 Å². The Balaban J connectivity index is 3.17. The first-order valence-corrected chi connectivity index (χ1v) is 7.23. The second-order valence-electron chi connectivity index (χ2n) is 2.35. The minimum absolute atomic E-state index is 0.145. The van der Waals surface area contributed by atoms with Crippen molar-refractivity contribution in [1.82, 2.24) is 0 Å². The normalized spacial score (nSPS) is 11.2. The standard InChI is InChI=1S/C6H14BrSi/c1-4-5-8(7)6(2)3/h6H,4-5H2,1-3H3. The van der Waals surface area contributed by atoms with Crippen molar-refractivity contribution in [2.75, 3.05) is 0 Å². The summed E-state index contributed by atoms with van der Waals surface area (Å²) in [5.74, 6) is 0. The fraction of sp³-hybridized carbons (Fsp3) is 1.00. The summed E-state index contributed by atoms with van der Waals surface area (Å²) in [6.07, 6.45) is 1.33. The van der Waals surface area contributed by atoms with Crippen molar-refractivity contribution in [3.63, 3.8) is 0 Å². The lowest BCUT2D eigenvalue weighted by molar-refractivity contribution is 0.996. The molecule has 0 amide bonds. The van der Waals surface area contributed by atoms with Crippen molar-refractivity contribution in [2.24, 2.45) is 0 Å². The van der Waals surface area contributed by atoms with Gasteiger partial charge in [0.1, 0.15) is 7.42 Å². The fourth-order valence-corrected chi connectivity index (χ4v) is 2.77. The highest BCUT2D eigenvalue weighted by Gasteiger charge is 2.08. The Hall–Kier alpha value is 0.697. The van der Waals surface area contributed by atoms with Crippen molar-refractivity contribution < 1.29 is 0 Å². The first kappa shape index (κ1) is 8.70. The molecule has 0 unspecified atom stereocenters. The molecule has 0 aromatic heterocycles. The SMILES string of the molecule is CCC[Si](Br)C(C)C. The Kier molecular flexibility index (Phi) is 4.96. The van der Waals surface area contributed by atoms with E-state index in [1.165, 1.54) is 12.5 Å². The molecule has 0 bridgehead atoms. The van der Waals surface area contributed by atoms with E-state index in [4.69, 9.17) is 0 Å². The zero-order chi connectivity index (χ0) is 6.57. The maximum Gasteiger partial charge on any atom is 0.138 e. The third-order valence-corrected chi connectivity index (χ3v) is 7.28. The molecule has 8 heavy (non-hydrogen) atoms. The van der Waals surface area contributed by atoms with Crippen LogP contribution in [-0.2, 0) is 0 Å². The molecule has 0 aliphatic heterocycles.